The first-order chi connectivity index (χ1) is 17.3. The summed E-state index contributed by atoms with van der Waals surface area (Å²) >= 11 is 0. The van der Waals surface area contributed by atoms with Crippen LogP contribution < -0.4 is 11.2 Å². The lowest BCUT2D eigenvalue weighted by atomic mass is 9.98. The fraction of sp³-hybridized carbons (Fsp3) is 0.214. The molecule has 2 aromatic carbocycles. The van der Waals surface area contributed by atoms with Crippen LogP contribution in [-0.4, -0.2) is 29.0 Å². The van der Waals surface area contributed by atoms with Gasteiger partial charge in [0, 0.05) is 31.0 Å². The van der Waals surface area contributed by atoms with Crippen molar-refractivity contribution < 1.29 is 4.79 Å². The van der Waals surface area contributed by atoms with Crippen molar-refractivity contribution >= 4 is 16.9 Å². The third kappa shape index (κ3) is 3.71. The third-order valence-corrected chi connectivity index (χ3v) is 6.80. The quantitative estimate of drug-likeness (QED) is 0.348. The number of carbonyl (C=O) groups excluding carboxylic acids is 1. The SMILES string of the molecule is Cc1cc(C(=O)Cn2cnc3c2c(=O)n(C)c(=O)n3C)c(C)n1C(c1ccccc1)c1ccccc1. The zero-order chi connectivity index (χ0) is 25.6. The number of aromatic nitrogens is 5. The van der Waals surface area contributed by atoms with Gasteiger partial charge in [0.2, 0.25) is 0 Å². The zero-order valence-corrected chi connectivity index (χ0v) is 20.7. The molecule has 3 aromatic heterocycles. The molecule has 0 aliphatic rings. The summed E-state index contributed by atoms with van der Waals surface area (Å²) in [4.78, 5) is 42.8. The second-order valence-corrected chi connectivity index (χ2v) is 9.05. The molecule has 0 aliphatic heterocycles. The van der Waals surface area contributed by atoms with Crippen molar-refractivity contribution in [2.45, 2.75) is 26.4 Å². The number of benzene rings is 2. The van der Waals surface area contributed by atoms with E-state index in [0.717, 1.165) is 27.1 Å². The Morgan fingerprint density at radius 2 is 1.47 bits per heavy atom. The van der Waals surface area contributed by atoms with Crippen molar-refractivity contribution in [2.24, 2.45) is 14.1 Å². The summed E-state index contributed by atoms with van der Waals surface area (Å²) in [5, 5.41) is 0. The van der Waals surface area contributed by atoms with E-state index in [1.165, 1.54) is 22.5 Å². The molecule has 0 saturated heterocycles. The number of nitrogens with zero attached hydrogens (tertiary/aromatic N) is 5. The summed E-state index contributed by atoms with van der Waals surface area (Å²) in [7, 11) is 2.98. The molecule has 36 heavy (non-hydrogen) atoms. The standard InChI is InChI=1S/C28H27N5O3/c1-18-15-22(23(34)16-32-17-29-26-25(32)27(35)31(4)28(36)30(26)3)19(2)33(18)24(20-11-7-5-8-12-20)21-13-9-6-10-14-21/h5-15,17,24H,16H2,1-4H3. The molecule has 0 unspecified atom stereocenters. The second kappa shape index (κ2) is 8.96. The lowest BCUT2D eigenvalue weighted by molar-refractivity contribution is 0.0972. The van der Waals surface area contributed by atoms with Crippen LogP contribution in [0.3, 0.4) is 0 Å². The molecule has 8 heteroatoms. The van der Waals surface area contributed by atoms with Gasteiger partial charge in [0.25, 0.3) is 5.56 Å². The molecule has 5 aromatic rings. The number of aryl methyl sites for hydroxylation is 2. The number of hydrogen-bond acceptors (Lipinski definition) is 4. The first kappa shape index (κ1) is 23.3. The topological polar surface area (TPSA) is 83.8 Å². The Morgan fingerprint density at radius 3 is 2.06 bits per heavy atom. The normalized spacial score (nSPS) is 11.5. The summed E-state index contributed by atoms with van der Waals surface area (Å²) < 4.78 is 6.05. The predicted molar refractivity (Wildman–Crippen MR) is 139 cm³/mol. The molecule has 0 saturated carbocycles. The van der Waals surface area contributed by atoms with E-state index in [-0.39, 0.29) is 29.5 Å². The second-order valence-electron chi connectivity index (χ2n) is 9.05. The lowest BCUT2D eigenvalue weighted by Crippen LogP contribution is -2.37. The van der Waals surface area contributed by atoms with E-state index >= 15 is 0 Å². The molecule has 182 valence electrons. The number of rotatable bonds is 6. The molecule has 0 radical (unpaired) electrons. The fourth-order valence-corrected chi connectivity index (χ4v) is 4.97. The van der Waals surface area contributed by atoms with Gasteiger partial charge in [-0.15, -0.1) is 0 Å². The average molecular weight is 482 g/mol. The van der Waals surface area contributed by atoms with Crippen molar-refractivity contribution in [3.63, 3.8) is 0 Å². The van der Waals surface area contributed by atoms with Gasteiger partial charge in [-0.05, 0) is 31.0 Å². The van der Waals surface area contributed by atoms with E-state index in [9.17, 15) is 14.4 Å². The summed E-state index contributed by atoms with van der Waals surface area (Å²) in [6.07, 6.45) is 1.44. The monoisotopic (exact) mass is 481 g/mol. The van der Waals surface area contributed by atoms with Gasteiger partial charge < -0.3 is 9.13 Å². The Hall–Kier alpha value is -4.46. The molecule has 0 spiro atoms. The van der Waals surface area contributed by atoms with Gasteiger partial charge in [-0.1, -0.05) is 60.7 Å². The number of carbonyl (C=O) groups is 1. The van der Waals surface area contributed by atoms with Gasteiger partial charge in [-0.2, -0.15) is 0 Å². The minimum Gasteiger partial charge on any atom is -0.337 e. The maximum Gasteiger partial charge on any atom is 0.332 e. The minimum atomic E-state index is -0.475. The Kier molecular flexibility index (Phi) is 5.80. The van der Waals surface area contributed by atoms with Crippen LogP contribution in [0.15, 0.2) is 82.6 Å². The molecular weight excluding hydrogens is 454 g/mol. The highest BCUT2D eigenvalue weighted by molar-refractivity contribution is 5.98. The van der Waals surface area contributed by atoms with Crippen LogP contribution in [0.5, 0.6) is 0 Å². The van der Waals surface area contributed by atoms with Crippen molar-refractivity contribution in [1.29, 1.82) is 0 Å². The molecule has 0 fully saturated rings. The van der Waals surface area contributed by atoms with Crippen LogP contribution >= 0.6 is 0 Å². The van der Waals surface area contributed by atoms with Crippen LogP contribution in [0.1, 0.15) is 38.9 Å². The summed E-state index contributed by atoms with van der Waals surface area (Å²) in [6, 6.07) is 22.2. The van der Waals surface area contributed by atoms with Crippen LogP contribution in [0.25, 0.3) is 11.2 Å². The van der Waals surface area contributed by atoms with Gasteiger partial charge in [-0.3, -0.25) is 18.7 Å². The first-order valence-corrected chi connectivity index (χ1v) is 11.7. The van der Waals surface area contributed by atoms with Gasteiger partial charge in [0.05, 0.1) is 18.9 Å². The maximum atomic E-state index is 13.5. The van der Waals surface area contributed by atoms with Crippen LogP contribution in [0.2, 0.25) is 0 Å². The molecule has 0 amide bonds. The molecule has 0 bridgehead atoms. The maximum absolute atomic E-state index is 13.5. The number of Topliss-reactive ketones (excluding diaryl/α,β-unsaturated/α-hetero) is 1. The molecule has 8 nitrogen and oxygen atoms in total. The molecule has 0 atom stereocenters. The molecular formula is C28H27N5O3. The van der Waals surface area contributed by atoms with Crippen molar-refractivity contribution in [2.75, 3.05) is 0 Å². The molecule has 0 aliphatic carbocycles. The molecule has 5 rings (SSSR count). The highest BCUT2D eigenvalue weighted by Crippen LogP contribution is 2.32. The summed E-state index contributed by atoms with van der Waals surface area (Å²) in [5.41, 5.74) is 4.19. The van der Waals surface area contributed by atoms with Crippen molar-refractivity contribution in [1.82, 2.24) is 23.3 Å². The summed E-state index contributed by atoms with van der Waals surface area (Å²) in [6.45, 7) is 3.89. The van der Waals surface area contributed by atoms with Gasteiger partial charge in [0.15, 0.2) is 16.9 Å². The van der Waals surface area contributed by atoms with E-state index in [4.69, 9.17) is 0 Å². The lowest BCUT2D eigenvalue weighted by Gasteiger charge is -2.24. The van der Waals surface area contributed by atoms with E-state index in [1.807, 2.05) is 56.3 Å². The Morgan fingerprint density at radius 1 is 0.889 bits per heavy atom. The highest BCUT2D eigenvalue weighted by atomic mass is 16.2. The fourth-order valence-electron chi connectivity index (χ4n) is 4.97. The van der Waals surface area contributed by atoms with Crippen LogP contribution in [-0.2, 0) is 20.6 Å². The summed E-state index contributed by atoms with van der Waals surface area (Å²) in [5.74, 6) is -0.135. The van der Waals surface area contributed by atoms with Gasteiger partial charge >= 0.3 is 5.69 Å². The zero-order valence-electron chi connectivity index (χ0n) is 20.7. The predicted octanol–water partition coefficient (Wildman–Crippen LogP) is 3.37. The van der Waals surface area contributed by atoms with Crippen LogP contribution in [0, 0.1) is 13.8 Å². The highest BCUT2D eigenvalue weighted by Gasteiger charge is 2.24. The smallest absolute Gasteiger partial charge is 0.332 e. The Labute approximate surface area is 207 Å². The van der Waals surface area contributed by atoms with Crippen molar-refractivity contribution in [3.05, 3.63) is 122 Å². The average Bonchev–Trinajstić information content (AvgIpc) is 3.44. The molecule has 3 heterocycles. The van der Waals surface area contributed by atoms with Gasteiger partial charge in [0.1, 0.15) is 0 Å². The molecule has 0 N–H and O–H groups in total. The van der Waals surface area contributed by atoms with E-state index in [2.05, 4.69) is 33.8 Å². The van der Waals surface area contributed by atoms with E-state index in [0.29, 0.717) is 5.56 Å². The number of fused-ring (bicyclic) bond motifs is 1. The first-order valence-electron chi connectivity index (χ1n) is 11.7. The number of imidazole rings is 1. The van der Waals surface area contributed by atoms with E-state index < -0.39 is 11.2 Å². The minimum absolute atomic E-state index is 0.0599. The number of hydrogen-bond donors (Lipinski definition) is 0. The van der Waals surface area contributed by atoms with Gasteiger partial charge in [-0.25, -0.2) is 9.78 Å². The third-order valence-electron chi connectivity index (χ3n) is 6.80. The van der Waals surface area contributed by atoms with Crippen molar-refractivity contribution in [3.8, 4) is 0 Å². The largest absolute Gasteiger partial charge is 0.337 e. The number of ketones is 1. The van der Waals surface area contributed by atoms with Crippen LogP contribution in [0.4, 0.5) is 0 Å². The van der Waals surface area contributed by atoms with E-state index in [1.54, 1.807) is 7.05 Å². The Bertz CT molecular complexity index is 1670. The Balaban J connectivity index is 1.58.